The Hall–Kier alpha value is -6.10. The van der Waals surface area contributed by atoms with Gasteiger partial charge in [-0.15, -0.1) is 0 Å². The standard InChI is InChI=1S/C41H28N4/c1-41(2)35-14-6-10-18-39(35)45(40-19-11-7-15-36(40)41)32-24-29(28-20-27(26-42)21-30(22-28)43-3)23-31(25-32)44-37-16-8-4-12-33(37)34-13-5-9-17-38(34)44/h4-25H,1-2H3. The molecule has 45 heavy (non-hydrogen) atoms. The number of hydrogen-bond donors (Lipinski definition) is 0. The molecule has 0 unspecified atom stereocenters. The van der Waals surface area contributed by atoms with E-state index in [0.717, 1.165) is 44.9 Å². The molecule has 0 aliphatic carbocycles. The molecular weight excluding hydrogens is 548 g/mol. The molecule has 8 rings (SSSR count). The van der Waals surface area contributed by atoms with Crippen LogP contribution in [0.4, 0.5) is 22.7 Å². The van der Waals surface area contributed by atoms with Crippen LogP contribution >= 0.6 is 0 Å². The lowest BCUT2D eigenvalue weighted by Gasteiger charge is -2.42. The van der Waals surface area contributed by atoms with Crippen molar-refractivity contribution in [2.75, 3.05) is 4.90 Å². The van der Waals surface area contributed by atoms with Gasteiger partial charge < -0.3 is 9.47 Å². The van der Waals surface area contributed by atoms with E-state index in [1.807, 2.05) is 12.1 Å². The number of anilines is 3. The van der Waals surface area contributed by atoms with Gasteiger partial charge in [0.15, 0.2) is 5.69 Å². The maximum Gasteiger partial charge on any atom is 0.189 e. The van der Waals surface area contributed by atoms with Crippen LogP contribution in [0.1, 0.15) is 30.5 Å². The molecule has 0 amide bonds. The van der Waals surface area contributed by atoms with Crippen LogP contribution in [-0.4, -0.2) is 4.57 Å². The van der Waals surface area contributed by atoms with Gasteiger partial charge in [-0.2, -0.15) is 5.26 Å². The van der Waals surface area contributed by atoms with Gasteiger partial charge in [-0.25, -0.2) is 4.85 Å². The molecule has 212 valence electrons. The van der Waals surface area contributed by atoms with Crippen LogP contribution in [0, 0.1) is 17.9 Å². The molecule has 0 fully saturated rings. The van der Waals surface area contributed by atoms with Crippen molar-refractivity contribution in [3.05, 3.63) is 162 Å². The summed E-state index contributed by atoms with van der Waals surface area (Å²) in [5.41, 5.74) is 11.6. The minimum absolute atomic E-state index is 0.178. The van der Waals surface area contributed by atoms with Crippen LogP contribution in [-0.2, 0) is 5.41 Å². The smallest absolute Gasteiger partial charge is 0.189 e. The average molecular weight is 577 g/mol. The topological polar surface area (TPSA) is 36.3 Å². The summed E-state index contributed by atoms with van der Waals surface area (Å²) in [5, 5.41) is 12.2. The monoisotopic (exact) mass is 576 g/mol. The third-order valence-electron chi connectivity index (χ3n) is 9.14. The van der Waals surface area contributed by atoms with Crippen molar-refractivity contribution < 1.29 is 0 Å². The van der Waals surface area contributed by atoms with Gasteiger partial charge in [0.25, 0.3) is 0 Å². The van der Waals surface area contributed by atoms with Gasteiger partial charge in [0.05, 0.1) is 35.0 Å². The fourth-order valence-corrected chi connectivity index (χ4v) is 7.07. The Morgan fingerprint density at radius 3 is 1.76 bits per heavy atom. The zero-order valence-electron chi connectivity index (χ0n) is 25.0. The van der Waals surface area contributed by atoms with Crippen LogP contribution in [0.15, 0.2) is 133 Å². The van der Waals surface area contributed by atoms with Gasteiger partial charge in [0.1, 0.15) is 0 Å². The maximum atomic E-state index is 9.83. The molecule has 1 aliphatic rings. The van der Waals surface area contributed by atoms with Gasteiger partial charge >= 0.3 is 0 Å². The molecule has 0 radical (unpaired) electrons. The second kappa shape index (κ2) is 9.98. The first-order valence-corrected chi connectivity index (χ1v) is 15.0. The predicted molar refractivity (Wildman–Crippen MR) is 184 cm³/mol. The number of nitriles is 1. The summed E-state index contributed by atoms with van der Waals surface area (Å²) in [6.07, 6.45) is 0. The minimum atomic E-state index is -0.178. The van der Waals surface area contributed by atoms with Gasteiger partial charge in [0, 0.05) is 33.1 Å². The highest BCUT2D eigenvalue weighted by molar-refractivity contribution is 6.09. The molecule has 0 N–H and O–H groups in total. The highest BCUT2D eigenvalue weighted by Gasteiger charge is 2.36. The largest absolute Gasteiger partial charge is 0.310 e. The molecule has 4 heteroatoms. The molecular formula is C41H28N4. The summed E-state index contributed by atoms with van der Waals surface area (Å²) >= 11 is 0. The van der Waals surface area contributed by atoms with E-state index in [-0.39, 0.29) is 5.41 Å². The van der Waals surface area contributed by atoms with E-state index in [4.69, 9.17) is 6.57 Å². The van der Waals surface area contributed by atoms with Crippen molar-refractivity contribution in [2.24, 2.45) is 0 Å². The van der Waals surface area contributed by atoms with E-state index in [1.54, 1.807) is 6.07 Å². The van der Waals surface area contributed by atoms with Crippen LogP contribution in [0.25, 0.3) is 43.5 Å². The first kappa shape index (κ1) is 26.5. The summed E-state index contributed by atoms with van der Waals surface area (Å²) in [7, 11) is 0. The molecule has 7 aromatic rings. The van der Waals surface area contributed by atoms with Gasteiger partial charge in [-0.1, -0.05) is 86.6 Å². The number of rotatable bonds is 3. The lowest BCUT2D eigenvalue weighted by Crippen LogP contribution is -2.30. The van der Waals surface area contributed by atoms with Crippen molar-refractivity contribution in [3.63, 3.8) is 0 Å². The third-order valence-corrected chi connectivity index (χ3v) is 9.14. The Kier molecular flexibility index (Phi) is 5.88. The van der Waals surface area contributed by atoms with E-state index in [1.165, 1.54) is 21.9 Å². The van der Waals surface area contributed by atoms with E-state index in [2.05, 4.69) is 149 Å². The van der Waals surface area contributed by atoms with E-state index in [9.17, 15) is 5.26 Å². The molecule has 1 aliphatic heterocycles. The maximum absolute atomic E-state index is 9.83. The summed E-state index contributed by atoms with van der Waals surface area (Å²) in [5.74, 6) is 0. The Bertz CT molecular complexity index is 2260. The molecule has 0 saturated heterocycles. The average Bonchev–Trinajstić information content (AvgIpc) is 3.42. The van der Waals surface area contributed by atoms with E-state index < -0.39 is 0 Å². The second-order valence-electron chi connectivity index (χ2n) is 12.1. The summed E-state index contributed by atoms with van der Waals surface area (Å²) in [6.45, 7) is 12.3. The first-order chi connectivity index (χ1) is 22.0. The van der Waals surface area contributed by atoms with Gasteiger partial charge in [-0.3, -0.25) is 0 Å². The lowest BCUT2D eigenvalue weighted by atomic mass is 9.73. The Morgan fingerprint density at radius 1 is 0.622 bits per heavy atom. The molecule has 0 atom stereocenters. The third kappa shape index (κ3) is 4.04. The van der Waals surface area contributed by atoms with Crippen molar-refractivity contribution in [3.8, 4) is 22.9 Å². The molecule has 1 aromatic heterocycles. The summed E-state index contributed by atoms with van der Waals surface area (Å²) in [6, 6.07) is 48.6. The number of fused-ring (bicyclic) bond motifs is 5. The number of aromatic nitrogens is 1. The molecule has 4 nitrogen and oxygen atoms in total. The van der Waals surface area contributed by atoms with Crippen molar-refractivity contribution in [1.82, 2.24) is 4.57 Å². The van der Waals surface area contributed by atoms with Gasteiger partial charge in [0.2, 0.25) is 0 Å². The first-order valence-electron chi connectivity index (χ1n) is 15.0. The minimum Gasteiger partial charge on any atom is -0.310 e. The normalized spacial score (nSPS) is 13.2. The Morgan fingerprint density at radius 2 is 1.16 bits per heavy atom. The molecule has 2 heterocycles. The fourth-order valence-electron chi connectivity index (χ4n) is 7.07. The quantitative estimate of drug-likeness (QED) is 0.196. The zero-order valence-corrected chi connectivity index (χ0v) is 25.0. The number of benzene rings is 6. The summed E-state index contributed by atoms with van der Waals surface area (Å²) < 4.78 is 2.33. The van der Waals surface area contributed by atoms with Crippen molar-refractivity contribution in [1.29, 1.82) is 5.26 Å². The molecule has 6 aromatic carbocycles. The molecule has 0 saturated carbocycles. The highest BCUT2D eigenvalue weighted by Crippen LogP contribution is 2.52. The number of nitrogens with zero attached hydrogens (tertiary/aromatic N) is 4. The zero-order chi connectivity index (χ0) is 30.7. The lowest BCUT2D eigenvalue weighted by molar-refractivity contribution is 0.632. The summed E-state index contributed by atoms with van der Waals surface area (Å²) in [4.78, 5) is 6.05. The SMILES string of the molecule is [C-]#[N+]c1cc(C#N)cc(-c2cc(N3c4ccccc4C(C)(C)c4ccccc43)cc(-n3c4ccccc4c4ccccc43)c2)c1. The van der Waals surface area contributed by atoms with Gasteiger partial charge in [-0.05, 0) is 82.9 Å². The second-order valence-corrected chi connectivity index (χ2v) is 12.1. The Balaban J connectivity index is 1.48. The number of hydrogen-bond acceptors (Lipinski definition) is 2. The van der Waals surface area contributed by atoms with Crippen molar-refractivity contribution in [2.45, 2.75) is 19.3 Å². The Labute approximate surface area is 262 Å². The van der Waals surface area contributed by atoms with Crippen LogP contribution in [0.2, 0.25) is 0 Å². The van der Waals surface area contributed by atoms with Crippen LogP contribution in [0.3, 0.4) is 0 Å². The van der Waals surface area contributed by atoms with E-state index >= 15 is 0 Å². The van der Waals surface area contributed by atoms with Crippen molar-refractivity contribution >= 4 is 44.6 Å². The van der Waals surface area contributed by atoms with E-state index in [0.29, 0.717) is 11.3 Å². The molecule has 0 bridgehead atoms. The fraction of sp³-hybridized carbons (Fsp3) is 0.0732. The van der Waals surface area contributed by atoms with Crippen LogP contribution in [0.5, 0.6) is 0 Å². The van der Waals surface area contributed by atoms with Crippen LogP contribution < -0.4 is 4.90 Å². The molecule has 0 spiro atoms. The predicted octanol–water partition coefficient (Wildman–Crippen LogP) is 11.0. The number of para-hydroxylation sites is 4. The highest BCUT2D eigenvalue weighted by atomic mass is 15.2.